The van der Waals surface area contributed by atoms with Crippen molar-refractivity contribution in [1.29, 1.82) is 0 Å². The molecule has 0 aliphatic carbocycles. The molecule has 36 heavy (non-hydrogen) atoms. The first kappa shape index (κ1) is 26.9. The number of ether oxygens (including phenoxy) is 4. The Balaban J connectivity index is 1.59. The molecule has 0 aliphatic heterocycles. The fraction of sp³-hybridized carbons (Fsp3) is 0.400. The molecule has 1 aromatic heterocycles. The Labute approximate surface area is 211 Å². The van der Waals surface area contributed by atoms with Crippen molar-refractivity contribution in [3.8, 4) is 11.5 Å². The van der Waals surface area contributed by atoms with Crippen LogP contribution in [0.15, 0.2) is 48.5 Å². The minimum absolute atomic E-state index is 0.447. The number of nitrogens with one attached hydrogen (secondary N) is 3. The lowest BCUT2D eigenvalue weighted by molar-refractivity contribution is 0.0547. The number of benzene rings is 2. The fourth-order valence-corrected chi connectivity index (χ4v) is 3.10. The van der Waals surface area contributed by atoms with Crippen LogP contribution in [0.1, 0.15) is 11.1 Å². The van der Waals surface area contributed by atoms with Gasteiger partial charge in [-0.1, -0.05) is 24.3 Å². The zero-order valence-electron chi connectivity index (χ0n) is 20.8. The fourth-order valence-electron chi connectivity index (χ4n) is 3.10. The second kappa shape index (κ2) is 15.4. The predicted octanol–water partition coefficient (Wildman–Crippen LogP) is 2.52. The molecule has 0 aliphatic rings. The molecule has 0 saturated heterocycles. The van der Waals surface area contributed by atoms with Gasteiger partial charge in [0.15, 0.2) is 0 Å². The third kappa shape index (κ3) is 9.53. The molecule has 0 spiro atoms. The number of hydrogen-bond donors (Lipinski definition) is 4. The maximum absolute atomic E-state index is 5.56. The molecule has 5 N–H and O–H groups in total. The topological polar surface area (TPSA) is 138 Å². The Kier molecular flexibility index (Phi) is 11.5. The largest absolute Gasteiger partial charge is 0.497 e. The van der Waals surface area contributed by atoms with Crippen molar-refractivity contribution < 1.29 is 18.9 Å². The number of aromatic nitrogens is 3. The smallest absolute Gasteiger partial charge is 0.229 e. The molecule has 1 heterocycles. The van der Waals surface area contributed by atoms with Crippen molar-refractivity contribution in [2.24, 2.45) is 5.73 Å². The Morgan fingerprint density at radius 1 is 0.611 bits per heavy atom. The quantitative estimate of drug-likeness (QED) is 0.205. The summed E-state index contributed by atoms with van der Waals surface area (Å²) in [5.41, 5.74) is 7.54. The maximum atomic E-state index is 5.56. The van der Waals surface area contributed by atoms with E-state index in [0.717, 1.165) is 22.6 Å². The van der Waals surface area contributed by atoms with Gasteiger partial charge in [0, 0.05) is 26.2 Å². The van der Waals surface area contributed by atoms with Crippen LogP contribution in [0.5, 0.6) is 11.5 Å². The molecule has 3 aromatic rings. The Bertz CT molecular complexity index is 950. The maximum Gasteiger partial charge on any atom is 0.229 e. The average molecular weight is 498 g/mol. The minimum atomic E-state index is 0.447. The molecule has 194 valence electrons. The zero-order chi connectivity index (χ0) is 25.4. The number of nitrogens with zero attached hydrogens (tertiary/aromatic N) is 3. The Morgan fingerprint density at radius 3 is 1.50 bits per heavy atom. The molecule has 0 atom stereocenters. The van der Waals surface area contributed by atoms with Gasteiger partial charge in [0.25, 0.3) is 0 Å². The lowest BCUT2D eigenvalue weighted by atomic mass is 10.2. The molecule has 11 heteroatoms. The monoisotopic (exact) mass is 497 g/mol. The number of nitrogens with two attached hydrogens (primary N) is 1. The molecule has 3 rings (SSSR count). The van der Waals surface area contributed by atoms with E-state index in [1.807, 2.05) is 48.5 Å². The van der Waals surface area contributed by atoms with Crippen molar-refractivity contribution in [3.63, 3.8) is 0 Å². The lowest BCUT2D eigenvalue weighted by Crippen LogP contribution is -2.17. The summed E-state index contributed by atoms with van der Waals surface area (Å²) in [5.74, 6) is 2.97. The second-order valence-corrected chi connectivity index (χ2v) is 7.65. The van der Waals surface area contributed by atoms with E-state index in [0.29, 0.717) is 70.5 Å². The van der Waals surface area contributed by atoms with E-state index < -0.39 is 0 Å². The van der Waals surface area contributed by atoms with Gasteiger partial charge in [-0.3, -0.25) is 0 Å². The first-order valence-corrected chi connectivity index (χ1v) is 11.8. The Hall–Kier alpha value is -3.67. The Morgan fingerprint density at radius 2 is 1.06 bits per heavy atom. The van der Waals surface area contributed by atoms with Gasteiger partial charge in [0.1, 0.15) is 11.5 Å². The normalized spacial score (nSPS) is 10.6. The van der Waals surface area contributed by atoms with E-state index in [4.69, 9.17) is 24.7 Å². The van der Waals surface area contributed by atoms with Gasteiger partial charge >= 0.3 is 0 Å². The van der Waals surface area contributed by atoms with Crippen LogP contribution in [0.3, 0.4) is 0 Å². The number of anilines is 3. The molecule has 2 aromatic carbocycles. The van der Waals surface area contributed by atoms with Crippen molar-refractivity contribution in [2.75, 3.05) is 69.7 Å². The van der Waals surface area contributed by atoms with E-state index in [2.05, 4.69) is 30.9 Å². The third-order valence-corrected chi connectivity index (χ3v) is 5.02. The summed E-state index contributed by atoms with van der Waals surface area (Å²) in [6.07, 6.45) is 0. The van der Waals surface area contributed by atoms with Crippen LogP contribution in [-0.2, 0) is 22.6 Å². The average Bonchev–Trinajstić information content (AvgIpc) is 2.92. The van der Waals surface area contributed by atoms with Crippen LogP contribution in [0, 0.1) is 0 Å². The van der Waals surface area contributed by atoms with Gasteiger partial charge in [-0.05, 0) is 35.4 Å². The van der Waals surface area contributed by atoms with Crippen LogP contribution >= 0.6 is 0 Å². The molecule has 0 radical (unpaired) electrons. The molecular formula is C25H35N7O4. The molecular weight excluding hydrogens is 462 g/mol. The summed E-state index contributed by atoms with van der Waals surface area (Å²) in [4.78, 5) is 13.5. The standard InChI is InChI=1S/C25H35N7O4/c1-33-21-7-3-19(4-8-21)17-28-24-30-23(27-12-14-36-16-15-35-13-11-26)31-25(32-24)29-18-20-5-9-22(34-2)10-6-20/h3-10H,11-18,26H2,1-2H3,(H3,27,28,29,30,31,32). The third-order valence-electron chi connectivity index (χ3n) is 5.02. The van der Waals surface area contributed by atoms with Gasteiger partial charge in [0.05, 0.1) is 40.6 Å². The predicted molar refractivity (Wildman–Crippen MR) is 140 cm³/mol. The van der Waals surface area contributed by atoms with E-state index >= 15 is 0 Å². The van der Waals surface area contributed by atoms with Gasteiger partial charge in [0.2, 0.25) is 17.8 Å². The zero-order valence-corrected chi connectivity index (χ0v) is 20.8. The summed E-state index contributed by atoms with van der Waals surface area (Å²) in [6.45, 7) is 4.19. The van der Waals surface area contributed by atoms with E-state index in [9.17, 15) is 0 Å². The number of methoxy groups -OCH3 is 2. The highest BCUT2D eigenvalue weighted by Gasteiger charge is 2.07. The van der Waals surface area contributed by atoms with Gasteiger partial charge in [-0.25, -0.2) is 0 Å². The van der Waals surface area contributed by atoms with E-state index in [1.165, 1.54) is 0 Å². The summed E-state index contributed by atoms with van der Waals surface area (Å²) in [5, 5.41) is 9.72. The van der Waals surface area contributed by atoms with Gasteiger partial charge in [-0.2, -0.15) is 15.0 Å². The van der Waals surface area contributed by atoms with Gasteiger partial charge < -0.3 is 40.6 Å². The van der Waals surface area contributed by atoms with Crippen LogP contribution < -0.4 is 31.2 Å². The summed E-state index contributed by atoms with van der Waals surface area (Å²) < 4.78 is 21.3. The van der Waals surface area contributed by atoms with E-state index in [-0.39, 0.29) is 0 Å². The molecule has 0 bridgehead atoms. The van der Waals surface area contributed by atoms with E-state index in [1.54, 1.807) is 14.2 Å². The number of hydrogen-bond acceptors (Lipinski definition) is 11. The SMILES string of the molecule is COc1ccc(CNc2nc(NCCOCCOCCN)nc(NCc3ccc(OC)cc3)n2)cc1. The van der Waals surface area contributed by atoms with Crippen molar-refractivity contribution in [1.82, 2.24) is 15.0 Å². The summed E-state index contributed by atoms with van der Waals surface area (Å²) in [7, 11) is 3.29. The van der Waals surface area contributed by atoms with Crippen LogP contribution in [0.2, 0.25) is 0 Å². The highest BCUT2D eigenvalue weighted by atomic mass is 16.5. The second-order valence-electron chi connectivity index (χ2n) is 7.65. The summed E-state index contributed by atoms with van der Waals surface area (Å²) in [6, 6.07) is 15.6. The van der Waals surface area contributed by atoms with Crippen molar-refractivity contribution >= 4 is 17.8 Å². The highest BCUT2D eigenvalue weighted by Crippen LogP contribution is 2.16. The minimum Gasteiger partial charge on any atom is -0.497 e. The highest BCUT2D eigenvalue weighted by molar-refractivity contribution is 5.43. The van der Waals surface area contributed by atoms with Crippen LogP contribution in [-0.4, -0.2) is 68.7 Å². The molecule has 0 unspecified atom stereocenters. The lowest BCUT2D eigenvalue weighted by Gasteiger charge is -2.12. The van der Waals surface area contributed by atoms with Crippen molar-refractivity contribution in [3.05, 3.63) is 59.7 Å². The molecule has 0 saturated carbocycles. The van der Waals surface area contributed by atoms with Crippen molar-refractivity contribution in [2.45, 2.75) is 13.1 Å². The van der Waals surface area contributed by atoms with Crippen LogP contribution in [0.4, 0.5) is 17.8 Å². The molecule has 0 fully saturated rings. The van der Waals surface area contributed by atoms with Crippen LogP contribution in [0.25, 0.3) is 0 Å². The molecule has 11 nitrogen and oxygen atoms in total. The number of rotatable bonds is 17. The van der Waals surface area contributed by atoms with Gasteiger partial charge in [-0.15, -0.1) is 0 Å². The first-order chi connectivity index (χ1) is 17.7. The summed E-state index contributed by atoms with van der Waals surface area (Å²) >= 11 is 0. The first-order valence-electron chi connectivity index (χ1n) is 11.8. The molecule has 0 amide bonds.